The summed E-state index contributed by atoms with van der Waals surface area (Å²) in [6, 6.07) is 14.4. The summed E-state index contributed by atoms with van der Waals surface area (Å²) in [5.41, 5.74) is 4.87. The number of aromatic amines is 1. The van der Waals surface area contributed by atoms with Gasteiger partial charge in [0.1, 0.15) is 5.75 Å². The van der Waals surface area contributed by atoms with Gasteiger partial charge in [0.2, 0.25) is 0 Å². The maximum Gasteiger partial charge on any atom is 0.119 e. The molecule has 0 fully saturated rings. The number of nitrogens with one attached hydrogen (secondary N) is 1. The number of ether oxygens (including phenoxy) is 2. The lowest BCUT2D eigenvalue weighted by Crippen LogP contribution is -2.37. The first-order valence-corrected chi connectivity index (χ1v) is 11.0. The SMILES string of the molecule is CCCOCN1CCc2c([nH]c3ccc(Cl)cc23)C1c1ccc(OCCCO)cc1. The molecule has 0 aliphatic carbocycles. The van der Waals surface area contributed by atoms with E-state index in [1.54, 1.807) is 0 Å². The number of fused-ring (bicyclic) bond motifs is 3. The van der Waals surface area contributed by atoms with E-state index in [0.29, 0.717) is 19.8 Å². The monoisotopic (exact) mass is 428 g/mol. The van der Waals surface area contributed by atoms with E-state index in [-0.39, 0.29) is 12.6 Å². The molecule has 6 heteroatoms. The molecule has 2 N–H and O–H groups in total. The third-order valence-electron chi connectivity index (χ3n) is 5.56. The molecule has 4 rings (SSSR count). The van der Waals surface area contributed by atoms with Crippen molar-refractivity contribution in [2.24, 2.45) is 0 Å². The molecule has 0 spiro atoms. The summed E-state index contributed by atoms with van der Waals surface area (Å²) in [5.74, 6) is 0.820. The number of halogens is 1. The molecule has 2 heterocycles. The molecule has 1 aliphatic rings. The van der Waals surface area contributed by atoms with Gasteiger partial charge in [0.15, 0.2) is 0 Å². The summed E-state index contributed by atoms with van der Waals surface area (Å²) in [4.78, 5) is 6.04. The highest BCUT2D eigenvalue weighted by Gasteiger charge is 2.31. The van der Waals surface area contributed by atoms with Crippen LogP contribution in [-0.2, 0) is 11.2 Å². The predicted molar refractivity (Wildman–Crippen MR) is 120 cm³/mol. The average Bonchev–Trinajstić information content (AvgIpc) is 3.12. The minimum absolute atomic E-state index is 0.0864. The predicted octanol–water partition coefficient (Wildman–Crippen LogP) is 4.91. The minimum Gasteiger partial charge on any atom is -0.494 e. The number of hydrogen-bond donors (Lipinski definition) is 2. The van der Waals surface area contributed by atoms with Gasteiger partial charge in [-0.3, -0.25) is 4.90 Å². The Balaban J connectivity index is 1.67. The Hall–Kier alpha value is -2.05. The largest absolute Gasteiger partial charge is 0.494 e. The Morgan fingerprint density at radius 3 is 2.77 bits per heavy atom. The third-order valence-corrected chi connectivity index (χ3v) is 5.80. The van der Waals surface area contributed by atoms with Crippen LogP contribution >= 0.6 is 11.6 Å². The van der Waals surface area contributed by atoms with Gasteiger partial charge in [0, 0.05) is 47.8 Å². The molecule has 1 unspecified atom stereocenters. The number of hydrogen-bond acceptors (Lipinski definition) is 4. The van der Waals surface area contributed by atoms with Crippen molar-refractivity contribution in [3.63, 3.8) is 0 Å². The van der Waals surface area contributed by atoms with Gasteiger partial charge >= 0.3 is 0 Å². The second-order valence-corrected chi connectivity index (χ2v) is 8.14. The summed E-state index contributed by atoms with van der Waals surface area (Å²) in [7, 11) is 0. The van der Waals surface area contributed by atoms with Crippen LogP contribution in [-0.4, -0.2) is 48.1 Å². The molecular formula is C24H29ClN2O3. The Labute approximate surface area is 182 Å². The van der Waals surface area contributed by atoms with Crippen molar-refractivity contribution in [2.75, 3.05) is 33.1 Å². The zero-order chi connectivity index (χ0) is 20.9. The number of rotatable bonds is 9. The summed E-state index contributed by atoms with van der Waals surface area (Å²) in [5, 5.41) is 10.9. The van der Waals surface area contributed by atoms with Crippen molar-refractivity contribution in [3.8, 4) is 5.75 Å². The number of nitrogens with zero attached hydrogens (tertiary/aromatic N) is 1. The Morgan fingerprint density at radius 1 is 1.17 bits per heavy atom. The molecular weight excluding hydrogens is 400 g/mol. The van der Waals surface area contributed by atoms with Gasteiger partial charge in [0.05, 0.1) is 19.4 Å². The molecule has 3 aromatic rings. The molecule has 160 valence electrons. The van der Waals surface area contributed by atoms with Crippen LogP contribution < -0.4 is 4.74 Å². The minimum atomic E-state index is 0.0864. The molecule has 5 nitrogen and oxygen atoms in total. The first-order chi connectivity index (χ1) is 14.7. The Bertz CT molecular complexity index is 970. The van der Waals surface area contributed by atoms with Gasteiger partial charge in [-0.2, -0.15) is 0 Å². The second kappa shape index (κ2) is 9.84. The lowest BCUT2D eigenvalue weighted by molar-refractivity contribution is 0.00869. The van der Waals surface area contributed by atoms with Crippen LogP contribution in [0.2, 0.25) is 5.02 Å². The lowest BCUT2D eigenvalue weighted by Gasteiger charge is -2.36. The van der Waals surface area contributed by atoms with Crippen LogP contribution in [0.5, 0.6) is 5.75 Å². The lowest BCUT2D eigenvalue weighted by atomic mass is 9.93. The van der Waals surface area contributed by atoms with E-state index in [0.717, 1.165) is 42.3 Å². The first kappa shape index (κ1) is 21.2. The van der Waals surface area contributed by atoms with Crippen LogP contribution in [0.25, 0.3) is 10.9 Å². The number of aliphatic hydroxyl groups excluding tert-OH is 1. The normalized spacial score (nSPS) is 16.7. The first-order valence-electron chi connectivity index (χ1n) is 10.7. The van der Waals surface area contributed by atoms with E-state index in [1.165, 1.54) is 22.2 Å². The molecule has 0 bridgehead atoms. The van der Waals surface area contributed by atoms with Crippen molar-refractivity contribution in [1.82, 2.24) is 9.88 Å². The fourth-order valence-corrected chi connectivity index (χ4v) is 4.33. The zero-order valence-electron chi connectivity index (χ0n) is 17.4. The van der Waals surface area contributed by atoms with Crippen molar-refractivity contribution in [2.45, 2.75) is 32.2 Å². The van der Waals surface area contributed by atoms with Crippen molar-refractivity contribution in [3.05, 3.63) is 64.3 Å². The van der Waals surface area contributed by atoms with Gasteiger partial charge in [-0.15, -0.1) is 0 Å². The molecule has 1 aliphatic heterocycles. The van der Waals surface area contributed by atoms with Crippen molar-refractivity contribution in [1.29, 1.82) is 0 Å². The maximum absolute atomic E-state index is 8.94. The molecule has 1 atom stereocenters. The van der Waals surface area contributed by atoms with Crippen molar-refractivity contribution >= 4 is 22.5 Å². The van der Waals surface area contributed by atoms with E-state index < -0.39 is 0 Å². The van der Waals surface area contributed by atoms with Crippen LogP contribution in [0.1, 0.15) is 42.6 Å². The highest BCUT2D eigenvalue weighted by molar-refractivity contribution is 6.31. The number of aliphatic hydroxyl groups is 1. The molecule has 0 saturated carbocycles. The second-order valence-electron chi connectivity index (χ2n) is 7.70. The van der Waals surface area contributed by atoms with Gasteiger partial charge in [-0.25, -0.2) is 0 Å². The summed E-state index contributed by atoms with van der Waals surface area (Å²) in [6.45, 7) is 5.07. The van der Waals surface area contributed by atoms with Gasteiger partial charge in [-0.1, -0.05) is 30.7 Å². The maximum atomic E-state index is 8.94. The van der Waals surface area contributed by atoms with Crippen LogP contribution in [0.3, 0.4) is 0 Å². The molecule has 0 saturated heterocycles. The topological polar surface area (TPSA) is 57.7 Å². The van der Waals surface area contributed by atoms with E-state index >= 15 is 0 Å². The third kappa shape index (κ3) is 4.49. The molecule has 0 radical (unpaired) electrons. The Morgan fingerprint density at radius 2 is 2.00 bits per heavy atom. The molecule has 1 aromatic heterocycles. The standard InChI is InChI=1S/C24H29ClN2O3/c1-2-13-29-16-27-11-10-20-21-15-18(25)6-9-22(21)26-23(20)24(27)17-4-7-19(8-5-17)30-14-3-12-28/h4-9,15,24,26,28H,2-3,10-14,16H2,1H3. The molecule has 0 amide bonds. The summed E-state index contributed by atoms with van der Waals surface area (Å²) < 4.78 is 11.6. The van der Waals surface area contributed by atoms with E-state index in [4.69, 9.17) is 26.2 Å². The Kier molecular flexibility index (Phi) is 6.95. The van der Waals surface area contributed by atoms with E-state index in [2.05, 4.69) is 41.1 Å². The van der Waals surface area contributed by atoms with E-state index in [9.17, 15) is 0 Å². The number of benzene rings is 2. The van der Waals surface area contributed by atoms with Gasteiger partial charge < -0.3 is 19.6 Å². The summed E-state index contributed by atoms with van der Waals surface area (Å²) >= 11 is 6.28. The summed E-state index contributed by atoms with van der Waals surface area (Å²) in [6.07, 6.45) is 2.60. The quantitative estimate of drug-likeness (QED) is 0.475. The molecule has 2 aromatic carbocycles. The number of H-pyrrole nitrogens is 1. The smallest absolute Gasteiger partial charge is 0.119 e. The molecule has 30 heavy (non-hydrogen) atoms. The van der Waals surface area contributed by atoms with Gasteiger partial charge in [-0.05, 0) is 54.3 Å². The van der Waals surface area contributed by atoms with Crippen LogP contribution in [0, 0.1) is 0 Å². The van der Waals surface area contributed by atoms with Crippen molar-refractivity contribution < 1.29 is 14.6 Å². The van der Waals surface area contributed by atoms with Crippen LogP contribution in [0.4, 0.5) is 0 Å². The number of aromatic nitrogens is 1. The highest BCUT2D eigenvalue weighted by atomic mass is 35.5. The fraction of sp³-hybridized carbons (Fsp3) is 0.417. The van der Waals surface area contributed by atoms with Gasteiger partial charge in [0.25, 0.3) is 0 Å². The average molecular weight is 429 g/mol. The fourth-order valence-electron chi connectivity index (χ4n) is 4.15. The zero-order valence-corrected chi connectivity index (χ0v) is 18.1. The highest BCUT2D eigenvalue weighted by Crippen LogP contribution is 2.39. The van der Waals surface area contributed by atoms with E-state index in [1.807, 2.05) is 18.2 Å². The van der Waals surface area contributed by atoms with Crippen LogP contribution in [0.15, 0.2) is 42.5 Å².